The second-order valence-electron chi connectivity index (χ2n) is 6.70. The second kappa shape index (κ2) is 7.49. The van der Waals surface area contributed by atoms with Crippen molar-refractivity contribution in [3.63, 3.8) is 0 Å². The minimum atomic E-state index is -0.252. The van der Waals surface area contributed by atoms with Gasteiger partial charge in [0.15, 0.2) is 0 Å². The first kappa shape index (κ1) is 16.5. The Kier molecular flexibility index (Phi) is 5.16. The minimum absolute atomic E-state index is 0.252. The van der Waals surface area contributed by atoms with E-state index in [0.29, 0.717) is 17.4 Å². The first-order chi connectivity index (χ1) is 11.7. The molecule has 0 aliphatic heterocycles. The summed E-state index contributed by atoms with van der Waals surface area (Å²) in [5.41, 5.74) is 3.68. The molecule has 0 N–H and O–H groups in total. The molecule has 0 saturated heterocycles. The largest absolute Gasteiger partial charge is 0.206 e. The summed E-state index contributed by atoms with van der Waals surface area (Å²) in [7, 11) is 0. The van der Waals surface area contributed by atoms with Crippen LogP contribution in [0, 0.1) is 30.5 Å². The highest BCUT2D eigenvalue weighted by atomic mass is 19.1. The molecule has 0 bridgehead atoms. The van der Waals surface area contributed by atoms with E-state index in [1.807, 2.05) is 25.1 Å². The van der Waals surface area contributed by atoms with Gasteiger partial charge in [0.05, 0.1) is 5.56 Å². The Morgan fingerprint density at radius 2 is 1.71 bits per heavy atom. The molecular weight excluding hydrogens is 295 g/mol. The molecular formula is C23H23F. The van der Waals surface area contributed by atoms with E-state index in [9.17, 15) is 4.39 Å². The van der Waals surface area contributed by atoms with Crippen molar-refractivity contribution in [3.8, 4) is 11.8 Å². The maximum Gasteiger partial charge on any atom is 0.139 e. The topological polar surface area (TPSA) is 0 Å². The SMILES string of the molecule is C=CC1CCC(c2ccc(C#Cc3ccc(C)cc3F)cc2)CC1. The summed E-state index contributed by atoms with van der Waals surface area (Å²) in [4.78, 5) is 0. The highest BCUT2D eigenvalue weighted by Gasteiger charge is 2.20. The second-order valence-corrected chi connectivity index (χ2v) is 6.70. The first-order valence-electron chi connectivity index (χ1n) is 8.66. The van der Waals surface area contributed by atoms with E-state index in [-0.39, 0.29) is 5.82 Å². The summed E-state index contributed by atoms with van der Waals surface area (Å²) in [6.07, 6.45) is 7.04. The number of aryl methyl sites for hydroxylation is 1. The number of benzene rings is 2. The lowest BCUT2D eigenvalue weighted by atomic mass is 9.79. The molecule has 0 amide bonds. The monoisotopic (exact) mass is 318 g/mol. The molecule has 1 saturated carbocycles. The van der Waals surface area contributed by atoms with Gasteiger partial charge in [-0.1, -0.05) is 36.1 Å². The summed E-state index contributed by atoms with van der Waals surface area (Å²) < 4.78 is 13.8. The molecule has 122 valence electrons. The van der Waals surface area contributed by atoms with Crippen LogP contribution in [0.3, 0.4) is 0 Å². The van der Waals surface area contributed by atoms with Crippen molar-refractivity contribution in [1.82, 2.24) is 0 Å². The molecule has 1 aliphatic carbocycles. The lowest BCUT2D eigenvalue weighted by Gasteiger charge is -2.26. The summed E-state index contributed by atoms with van der Waals surface area (Å²) in [6.45, 7) is 5.78. The van der Waals surface area contributed by atoms with Gasteiger partial charge in [-0.25, -0.2) is 4.39 Å². The summed E-state index contributed by atoms with van der Waals surface area (Å²) in [6, 6.07) is 13.6. The number of hydrogen-bond acceptors (Lipinski definition) is 0. The standard InChI is InChI=1S/C23H23F/c1-3-18-5-11-20(12-6-18)21-13-7-19(8-14-21)9-15-22-10-4-17(2)16-23(22)24/h3-4,7-8,10,13-14,16,18,20H,1,5-6,11-12H2,2H3. The molecule has 2 aromatic rings. The molecule has 0 unspecified atom stereocenters. The summed E-state index contributed by atoms with van der Waals surface area (Å²) in [5.74, 6) is 7.09. The van der Waals surface area contributed by atoms with Crippen LogP contribution < -0.4 is 0 Å². The van der Waals surface area contributed by atoms with Crippen LogP contribution >= 0.6 is 0 Å². The minimum Gasteiger partial charge on any atom is -0.206 e. The normalized spacial score (nSPS) is 20.1. The third kappa shape index (κ3) is 3.95. The van der Waals surface area contributed by atoms with Crippen molar-refractivity contribution >= 4 is 0 Å². The summed E-state index contributed by atoms with van der Waals surface area (Å²) in [5, 5.41) is 0. The Hall–Kier alpha value is -2.33. The van der Waals surface area contributed by atoms with Crippen LogP contribution in [0.1, 0.15) is 53.9 Å². The van der Waals surface area contributed by atoms with E-state index in [4.69, 9.17) is 0 Å². The van der Waals surface area contributed by atoms with Crippen LogP contribution in [-0.2, 0) is 0 Å². The van der Waals surface area contributed by atoms with E-state index >= 15 is 0 Å². The van der Waals surface area contributed by atoms with Crippen LogP contribution in [0.5, 0.6) is 0 Å². The molecule has 2 aromatic carbocycles. The van der Waals surface area contributed by atoms with Gasteiger partial charge in [0.2, 0.25) is 0 Å². The Bertz CT molecular complexity index is 766. The molecule has 0 atom stereocenters. The maximum atomic E-state index is 13.8. The van der Waals surface area contributed by atoms with E-state index in [0.717, 1.165) is 11.1 Å². The molecule has 0 heterocycles. The van der Waals surface area contributed by atoms with Crippen molar-refractivity contribution in [1.29, 1.82) is 0 Å². The van der Waals surface area contributed by atoms with Gasteiger partial charge in [-0.05, 0) is 79.8 Å². The van der Waals surface area contributed by atoms with Crippen LogP contribution in [0.15, 0.2) is 55.1 Å². The quantitative estimate of drug-likeness (QED) is 0.471. The predicted molar refractivity (Wildman–Crippen MR) is 98.5 cm³/mol. The zero-order chi connectivity index (χ0) is 16.9. The molecule has 1 fully saturated rings. The van der Waals surface area contributed by atoms with E-state index in [1.54, 1.807) is 6.07 Å². The fourth-order valence-electron chi connectivity index (χ4n) is 3.39. The van der Waals surface area contributed by atoms with Crippen LogP contribution in [0.25, 0.3) is 0 Å². The Morgan fingerprint density at radius 3 is 2.33 bits per heavy atom. The number of rotatable bonds is 2. The molecule has 0 spiro atoms. The Labute approximate surface area is 144 Å². The predicted octanol–water partition coefficient (Wildman–Crippen LogP) is 5.99. The van der Waals surface area contributed by atoms with Gasteiger partial charge in [-0.2, -0.15) is 0 Å². The third-order valence-corrected chi connectivity index (χ3v) is 4.95. The average molecular weight is 318 g/mol. The average Bonchev–Trinajstić information content (AvgIpc) is 2.62. The van der Waals surface area contributed by atoms with Crippen molar-refractivity contribution in [2.24, 2.45) is 5.92 Å². The zero-order valence-corrected chi connectivity index (χ0v) is 14.2. The van der Waals surface area contributed by atoms with Gasteiger partial charge in [0, 0.05) is 5.56 Å². The van der Waals surface area contributed by atoms with Crippen LogP contribution in [-0.4, -0.2) is 0 Å². The van der Waals surface area contributed by atoms with E-state index < -0.39 is 0 Å². The van der Waals surface area contributed by atoms with Crippen molar-refractivity contribution < 1.29 is 4.39 Å². The Balaban J connectivity index is 1.69. The molecule has 1 heteroatoms. The van der Waals surface area contributed by atoms with Gasteiger partial charge in [0.1, 0.15) is 5.82 Å². The van der Waals surface area contributed by atoms with Crippen LogP contribution in [0.2, 0.25) is 0 Å². The zero-order valence-electron chi connectivity index (χ0n) is 14.2. The fourth-order valence-corrected chi connectivity index (χ4v) is 3.39. The summed E-state index contributed by atoms with van der Waals surface area (Å²) >= 11 is 0. The number of hydrogen-bond donors (Lipinski definition) is 0. The number of halogens is 1. The molecule has 24 heavy (non-hydrogen) atoms. The molecule has 0 radical (unpaired) electrons. The van der Waals surface area contributed by atoms with Gasteiger partial charge >= 0.3 is 0 Å². The molecule has 1 aliphatic rings. The van der Waals surface area contributed by atoms with Crippen molar-refractivity contribution in [3.05, 3.63) is 83.2 Å². The third-order valence-electron chi connectivity index (χ3n) is 4.95. The van der Waals surface area contributed by atoms with Crippen molar-refractivity contribution in [2.45, 2.75) is 38.5 Å². The van der Waals surface area contributed by atoms with E-state index in [2.05, 4.69) is 36.6 Å². The lowest BCUT2D eigenvalue weighted by molar-refractivity contribution is 0.376. The van der Waals surface area contributed by atoms with Gasteiger partial charge in [0.25, 0.3) is 0 Å². The molecule has 0 nitrogen and oxygen atoms in total. The van der Waals surface area contributed by atoms with Crippen LogP contribution in [0.4, 0.5) is 4.39 Å². The molecule has 0 aromatic heterocycles. The van der Waals surface area contributed by atoms with Gasteiger partial charge < -0.3 is 0 Å². The van der Waals surface area contributed by atoms with Crippen molar-refractivity contribution in [2.75, 3.05) is 0 Å². The highest BCUT2D eigenvalue weighted by molar-refractivity contribution is 5.45. The smallest absolute Gasteiger partial charge is 0.139 e. The molecule has 3 rings (SSSR count). The Morgan fingerprint density at radius 1 is 1.00 bits per heavy atom. The lowest BCUT2D eigenvalue weighted by Crippen LogP contribution is -2.11. The maximum absolute atomic E-state index is 13.8. The van der Waals surface area contributed by atoms with E-state index in [1.165, 1.54) is 37.3 Å². The fraction of sp³-hybridized carbons (Fsp3) is 0.304. The highest BCUT2D eigenvalue weighted by Crippen LogP contribution is 2.36. The number of allylic oxidation sites excluding steroid dienone is 1. The first-order valence-corrected chi connectivity index (χ1v) is 8.66. The van der Waals surface area contributed by atoms with Gasteiger partial charge in [-0.15, -0.1) is 6.58 Å². The van der Waals surface area contributed by atoms with Gasteiger partial charge in [-0.3, -0.25) is 0 Å².